The lowest BCUT2D eigenvalue weighted by atomic mass is 9.49. The van der Waals surface area contributed by atoms with Crippen LogP contribution in [0.2, 0.25) is 0 Å². The molecule has 4 aliphatic rings. The summed E-state index contributed by atoms with van der Waals surface area (Å²) in [5.41, 5.74) is 0.696. The predicted octanol–water partition coefficient (Wildman–Crippen LogP) is 4.66. The summed E-state index contributed by atoms with van der Waals surface area (Å²) >= 11 is 5.68. The van der Waals surface area contributed by atoms with Crippen molar-refractivity contribution in [1.29, 1.82) is 0 Å². The third-order valence-corrected chi connectivity index (χ3v) is 7.49. The molecule has 0 spiro atoms. The van der Waals surface area contributed by atoms with E-state index in [1.165, 1.54) is 36.1 Å². The number of halogens is 1. The highest BCUT2D eigenvalue weighted by Crippen LogP contribution is 2.60. The van der Waals surface area contributed by atoms with Crippen LogP contribution in [0, 0.1) is 28.3 Å². The zero-order valence-electron chi connectivity index (χ0n) is 15.8. The molecule has 0 saturated heterocycles. The van der Waals surface area contributed by atoms with Gasteiger partial charge in [0.1, 0.15) is 17.7 Å². The summed E-state index contributed by atoms with van der Waals surface area (Å²) in [5.74, 6) is 1.78. The van der Waals surface area contributed by atoms with E-state index >= 15 is 0 Å². The van der Waals surface area contributed by atoms with Crippen molar-refractivity contribution in [3.63, 3.8) is 0 Å². The minimum absolute atomic E-state index is 0.0554. The van der Waals surface area contributed by atoms with Gasteiger partial charge in [0.2, 0.25) is 4.77 Å². The Morgan fingerprint density at radius 2 is 1.71 bits per heavy atom. The number of hydrogen-bond donors (Lipinski definition) is 1. The van der Waals surface area contributed by atoms with E-state index in [4.69, 9.17) is 17.3 Å². The summed E-state index contributed by atoms with van der Waals surface area (Å²) in [5, 5.41) is 14.4. The van der Waals surface area contributed by atoms with Gasteiger partial charge in [0.15, 0.2) is 0 Å². The fourth-order valence-corrected chi connectivity index (χ4v) is 6.68. The summed E-state index contributed by atoms with van der Waals surface area (Å²) in [6.45, 7) is 1.60. The Labute approximate surface area is 168 Å². The van der Waals surface area contributed by atoms with Crippen molar-refractivity contribution >= 4 is 18.2 Å². The number of rotatable bonds is 4. The number of carboxylic acid groups (broad SMARTS) is 1. The molecule has 1 unspecified atom stereocenters. The molecule has 1 heterocycles. The maximum absolute atomic E-state index is 13.5. The number of carbonyl (C=O) groups is 1. The SMILES string of the molecule is CC(C(=O)O)n1nc(C23CC4CC(CC(C4)C2)C3)n(-c2ccc(F)cc2)c1=S. The van der Waals surface area contributed by atoms with Gasteiger partial charge in [0.25, 0.3) is 0 Å². The summed E-state index contributed by atoms with van der Waals surface area (Å²) in [7, 11) is 0. The highest BCUT2D eigenvalue weighted by Gasteiger charge is 2.54. The van der Waals surface area contributed by atoms with Crippen LogP contribution in [0.5, 0.6) is 0 Å². The first-order valence-electron chi connectivity index (χ1n) is 10.1. The Bertz CT molecular complexity index is 959. The van der Waals surface area contributed by atoms with Gasteiger partial charge in [-0.15, -0.1) is 0 Å². The molecule has 4 fully saturated rings. The van der Waals surface area contributed by atoms with E-state index in [0.717, 1.165) is 48.5 Å². The molecule has 4 saturated carbocycles. The lowest BCUT2D eigenvalue weighted by molar-refractivity contribution is -0.140. The van der Waals surface area contributed by atoms with Crippen LogP contribution in [-0.2, 0) is 10.2 Å². The van der Waals surface area contributed by atoms with E-state index in [9.17, 15) is 14.3 Å². The summed E-state index contributed by atoms with van der Waals surface area (Å²) in [6.07, 6.45) is 7.20. The van der Waals surface area contributed by atoms with E-state index in [-0.39, 0.29) is 11.2 Å². The Hall–Kier alpha value is -2.02. The number of benzene rings is 1. The largest absolute Gasteiger partial charge is 0.480 e. The summed E-state index contributed by atoms with van der Waals surface area (Å²) < 4.78 is 17.2. The van der Waals surface area contributed by atoms with Crippen molar-refractivity contribution in [2.24, 2.45) is 17.8 Å². The van der Waals surface area contributed by atoms with Crippen LogP contribution in [0.15, 0.2) is 24.3 Å². The van der Waals surface area contributed by atoms with Gasteiger partial charge in [0, 0.05) is 11.1 Å². The molecule has 0 aliphatic heterocycles. The molecular weight excluding hydrogens is 377 g/mol. The van der Waals surface area contributed by atoms with Crippen molar-refractivity contribution in [1.82, 2.24) is 14.3 Å². The Morgan fingerprint density at radius 1 is 1.18 bits per heavy atom. The van der Waals surface area contributed by atoms with Gasteiger partial charge in [-0.25, -0.2) is 13.9 Å². The van der Waals surface area contributed by atoms with E-state index in [2.05, 4.69) is 0 Å². The van der Waals surface area contributed by atoms with Crippen molar-refractivity contribution in [3.8, 4) is 5.69 Å². The number of nitrogens with zero attached hydrogens (tertiary/aromatic N) is 3. The topological polar surface area (TPSA) is 60.0 Å². The zero-order valence-corrected chi connectivity index (χ0v) is 16.7. The van der Waals surface area contributed by atoms with Gasteiger partial charge in [-0.05, 0) is 99.7 Å². The predicted molar refractivity (Wildman–Crippen MR) is 105 cm³/mol. The Morgan fingerprint density at radius 3 is 2.21 bits per heavy atom. The van der Waals surface area contributed by atoms with Crippen LogP contribution in [0.1, 0.15) is 57.3 Å². The van der Waals surface area contributed by atoms with Crippen molar-refractivity contribution in [2.45, 2.75) is 56.9 Å². The van der Waals surface area contributed by atoms with Crippen LogP contribution in [0.25, 0.3) is 5.69 Å². The smallest absolute Gasteiger partial charge is 0.328 e. The van der Waals surface area contributed by atoms with Gasteiger partial charge in [0.05, 0.1) is 0 Å². The van der Waals surface area contributed by atoms with Crippen molar-refractivity contribution in [2.75, 3.05) is 0 Å². The molecule has 5 nitrogen and oxygen atoms in total. The molecule has 1 N–H and O–H groups in total. The second-order valence-corrected chi connectivity index (χ2v) is 9.44. The standard InChI is InChI=1S/C21H24FN3O2S/c1-12(18(26)27)25-20(28)24(17-4-2-16(22)3-5-17)19(23-25)21-9-13-6-14(10-21)8-15(7-13)11-21/h2-5,12-15H,6-11H2,1H3,(H,26,27). The third kappa shape index (κ3) is 2.66. The van der Waals surface area contributed by atoms with Crippen LogP contribution in [0.4, 0.5) is 4.39 Å². The van der Waals surface area contributed by atoms with E-state index in [0.29, 0.717) is 4.77 Å². The lowest BCUT2D eigenvalue weighted by Crippen LogP contribution is -2.49. The Balaban J connectivity index is 1.70. The van der Waals surface area contributed by atoms with Crippen molar-refractivity contribution in [3.05, 3.63) is 40.7 Å². The molecule has 4 aliphatic carbocycles. The van der Waals surface area contributed by atoms with Gasteiger partial charge in [-0.2, -0.15) is 5.10 Å². The summed E-state index contributed by atoms with van der Waals surface area (Å²) in [6, 6.07) is 5.39. The minimum atomic E-state index is -0.961. The van der Waals surface area contributed by atoms with Gasteiger partial charge in [-0.3, -0.25) is 4.57 Å². The molecule has 1 aromatic carbocycles. The lowest BCUT2D eigenvalue weighted by Gasteiger charge is -2.56. The van der Waals surface area contributed by atoms with Crippen LogP contribution in [-0.4, -0.2) is 25.4 Å². The van der Waals surface area contributed by atoms with Gasteiger partial charge >= 0.3 is 5.97 Å². The maximum Gasteiger partial charge on any atom is 0.328 e. The highest BCUT2D eigenvalue weighted by atomic mass is 32.1. The summed E-state index contributed by atoms with van der Waals surface area (Å²) in [4.78, 5) is 11.6. The minimum Gasteiger partial charge on any atom is -0.480 e. The number of hydrogen-bond acceptors (Lipinski definition) is 3. The molecule has 1 atom stereocenters. The fraction of sp³-hybridized carbons (Fsp3) is 0.571. The van der Waals surface area contributed by atoms with E-state index in [1.807, 2.05) is 4.57 Å². The monoisotopic (exact) mass is 401 g/mol. The average molecular weight is 402 g/mol. The second kappa shape index (κ2) is 6.24. The quantitative estimate of drug-likeness (QED) is 0.757. The van der Waals surface area contributed by atoms with E-state index < -0.39 is 12.0 Å². The zero-order chi connectivity index (χ0) is 19.6. The second-order valence-electron chi connectivity index (χ2n) is 9.07. The first kappa shape index (κ1) is 18.0. The van der Waals surface area contributed by atoms with Crippen LogP contribution >= 0.6 is 12.2 Å². The number of carboxylic acids is 1. The molecular formula is C21H24FN3O2S. The third-order valence-electron chi connectivity index (χ3n) is 7.12. The molecule has 1 aromatic heterocycles. The molecule has 148 valence electrons. The molecule has 4 bridgehead atoms. The molecule has 0 radical (unpaired) electrons. The molecule has 6 rings (SSSR count). The maximum atomic E-state index is 13.5. The van der Waals surface area contributed by atoms with Crippen LogP contribution in [0.3, 0.4) is 0 Å². The Kier molecular flexibility index (Phi) is 4.02. The number of aliphatic carboxylic acids is 1. The molecule has 2 aromatic rings. The highest BCUT2D eigenvalue weighted by molar-refractivity contribution is 7.71. The first-order chi connectivity index (χ1) is 13.4. The van der Waals surface area contributed by atoms with E-state index in [1.54, 1.807) is 19.1 Å². The van der Waals surface area contributed by atoms with Crippen LogP contribution < -0.4 is 0 Å². The molecule has 28 heavy (non-hydrogen) atoms. The van der Waals surface area contributed by atoms with Crippen molar-refractivity contribution < 1.29 is 14.3 Å². The molecule has 0 amide bonds. The van der Waals surface area contributed by atoms with Gasteiger partial charge in [-0.1, -0.05) is 0 Å². The fourth-order valence-electron chi connectivity index (χ4n) is 6.29. The van der Waals surface area contributed by atoms with Gasteiger partial charge < -0.3 is 5.11 Å². The average Bonchev–Trinajstić information content (AvgIpc) is 2.98. The normalized spacial score (nSPS) is 31.9. The number of aromatic nitrogens is 3. The first-order valence-corrected chi connectivity index (χ1v) is 10.5. The molecule has 7 heteroatoms.